The lowest BCUT2D eigenvalue weighted by Gasteiger charge is -2.27. The van der Waals surface area contributed by atoms with Crippen molar-refractivity contribution >= 4 is 37.3 Å². The van der Waals surface area contributed by atoms with Gasteiger partial charge in [-0.05, 0) is 60.4 Å². The van der Waals surface area contributed by atoms with Gasteiger partial charge in [0.2, 0.25) is 15.9 Å². The van der Waals surface area contributed by atoms with E-state index in [1.807, 2.05) is 13.0 Å². The molecule has 0 aliphatic carbocycles. The smallest absolute Gasteiger partial charge is 0.261 e. The number of nitrogens with one attached hydrogen (secondary N) is 2. The van der Waals surface area contributed by atoms with E-state index >= 15 is 0 Å². The Hall–Kier alpha value is -2.43. The Morgan fingerprint density at radius 2 is 1.67 bits per heavy atom. The zero-order valence-electron chi connectivity index (χ0n) is 16.9. The molecule has 0 saturated heterocycles. The molecule has 0 saturated carbocycles. The standard InChI is InChI=1S/C20H25N3O5S2/c1-3-4-20(24)21-17-7-9-19(10-8-17)30(27,28)22-18-6-5-15-11-12-23(29(2,25)26)14-16(15)13-18/h5-10,13,22H,3-4,11-12,14H2,1-2H3,(H,21,24). The number of nitrogens with zero attached hydrogens (tertiary/aromatic N) is 1. The van der Waals surface area contributed by atoms with Gasteiger partial charge in [-0.2, -0.15) is 4.31 Å². The molecule has 3 rings (SSSR count). The molecule has 0 bridgehead atoms. The summed E-state index contributed by atoms with van der Waals surface area (Å²) in [5.74, 6) is -0.122. The minimum atomic E-state index is -3.83. The molecule has 1 heterocycles. The third kappa shape index (κ3) is 5.38. The van der Waals surface area contributed by atoms with Crippen molar-refractivity contribution in [1.29, 1.82) is 0 Å². The lowest BCUT2D eigenvalue weighted by Crippen LogP contribution is -2.35. The third-order valence-corrected chi connectivity index (χ3v) is 7.48. The molecule has 0 fully saturated rings. The second-order valence-corrected chi connectivity index (χ2v) is 10.9. The van der Waals surface area contributed by atoms with Gasteiger partial charge >= 0.3 is 0 Å². The fourth-order valence-electron chi connectivity index (χ4n) is 3.26. The summed E-state index contributed by atoms with van der Waals surface area (Å²) in [7, 11) is -7.14. The van der Waals surface area contributed by atoms with Crippen molar-refractivity contribution in [3.63, 3.8) is 0 Å². The molecule has 8 nitrogen and oxygen atoms in total. The SMILES string of the molecule is CCCC(=O)Nc1ccc(S(=O)(=O)Nc2ccc3c(c2)CN(S(C)(=O)=O)CC3)cc1. The van der Waals surface area contributed by atoms with E-state index in [4.69, 9.17) is 0 Å². The highest BCUT2D eigenvalue weighted by molar-refractivity contribution is 7.92. The summed E-state index contributed by atoms with van der Waals surface area (Å²) in [5, 5.41) is 2.71. The first-order chi connectivity index (χ1) is 14.1. The first-order valence-corrected chi connectivity index (χ1v) is 12.9. The van der Waals surface area contributed by atoms with Crippen LogP contribution in [0.3, 0.4) is 0 Å². The molecule has 0 unspecified atom stereocenters. The van der Waals surface area contributed by atoms with Crippen molar-refractivity contribution < 1.29 is 21.6 Å². The molecule has 10 heteroatoms. The number of carbonyl (C=O) groups is 1. The van der Waals surface area contributed by atoms with Crippen LogP contribution in [0.15, 0.2) is 47.4 Å². The molecule has 162 valence electrons. The normalized spacial score (nSPS) is 14.7. The minimum Gasteiger partial charge on any atom is -0.326 e. The summed E-state index contributed by atoms with van der Waals surface area (Å²) in [6, 6.07) is 11.1. The number of rotatable bonds is 7. The van der Waals surface area contributed by atoms with E-state index in [-0.39, 0.29) is 17.3 Å². The van der Waals surface area contributed by atoms with Crippen molar-refractivity contribution in [3.05, 3.63) is 53.6 Å². The van der Waals surface area contributed by atoms with Crippen molar-refractivity contribution in [1.82, 2.24) is 4.31 Å². The molecule has 2 N–H and O–H groups in total. The van der Waals surface area contributed by atoms with Crippen LogP contribution in [-0.4, -0.2) is 39.8 Å². The van der Waals surface area contributed by atoms with Gasteiger partial charge in [0, 0.05) is 30.9 Å². The molecule has 0 atom stereocenters. The molecule has 0 radical (unpaired) electrons. The largest absolute Gasteiger partial charge is 0.326 e. The number of amides is 1. The van der Waals surface area contributed by atoms with Crippen LogP contribution in [0.4, 0.5) is 11.4 Å². The van der Waals surface area contributed by atoms with Gasteiger partial charge in [-0.15, -0.1) is 0 Å². The molecular weight excluding hydrogens is 426 g/mol. The fourth-order valence-corrected chi connectivity index (χ4v) is 5.11. The van der Waals surface area contributed by atoms with Crippen molar-refractivity contribution in [2.45, 2.75) is 37.6 Å². The Labute approximate surface area is 177 Å². The maximum atomic E-state index is 12.7. The zero-order valence-corrected chi connectivity index (χ0v) is 18.5. The van der Waals surface area contributed by atoms with Gasteiger partial charge in [0.05, 0.1) is 11.2 Å². The minimum absolute atomic E-state index is 0.0615. The number of hydrogen-bond donors (Lipinski definition) is 2. The summed E-state index contributed by atoms with van der Waals surface area (Å²) >= 11 is 0. The van der Waals surface area contributed by atoms with Crippen LogP contribution < -0.4 is 10.0 Å². The highest BCUT2D eigenvalue weighted by atomic mass is 32.2. The Morgan fingerprint density at radius 1 is 1.00 bits per heavy atom. The van der Waals surface area contributed by atoms with E-state index in [0.717, 1.165) is 17.5 Å². The Kier molecular flexibility index (Phi) is 6.49. The number of hydrogen-bond acceptors (Lipinski definition) is 5. The first-order valence-electron chi connectivity index (χ1n) is 9.58. The van der Waals surface area contributed by atoms with Crippen LogP contribution in [0.1, 0.15) is 30.9 Å². The van der Waals surface area contributed by atoms with Gasteiger partial charge in [-0.1, -0.05) is 13.0 Å². The van der Waals surface area contributed by atoms with E-state index in [1.54, 1.807) is 24.3 Å². The zero-order chi connectivity index (χ0) is 21.9. The molecule has 30 heavy (non-hydrogen) atoms. The van der Waals surface area contributed by atoms with Crippen LogP contribution in [0, 0.1) is 0 Å². The summed E-state index contributed by atoms with van der Waals surface area (Å²) in [4.78, 5) is 11.7. The lowest BCUT2D eigenvalue weighted by atomic mass is 10.0. The average molecular weight is 452 g/mol. The molecule has 2 aromatic carbocycles. The van der Waals surface area contributed by atoms with Gasteiger partial charge in [0.15, 0.2) is 0 Å². The van der Waals surface area contributed by atoms with Gasteiger partial charge in [-0.3, -0.25) is 9.52 Å². The molecular formula is C20H25N3O5S2. The van der Waals surface area contributed by atoms with Crippen LogP contribution in [-0.2, 0) is 37.8 Å². The van der Waals surface area contributed by atoms with Crippen LogP contribution >= 0.6 is 0 Å². The molecule has 1 aliphatic heterocycles. The lowest BCUT2D eigenvalue weighted by molar-refractivity contribution is -0.116. The monoisotopic (exact) mass is 451 g/mol. The summed E-state index contributed by atoms with van der Waals surface area (Å²) in [5.41, 5.74) is 2.68. The van der Waals surface area contributed by atoms with Crippen LogP contribution in [0.2, 0.25) is 0 Å². The molecule has 2 aromatic rings. The number of benzene rings is 2. The van der Waals surface area contributed by atoms with Gasteiger partial charge in [-0.25, -0.2) is 16.8 Å². The number of sulfonamides is 2. The van der Waals surface area contributed by atoms with Crippen molar-refractivity contribution in [3.8, 4) is 0 Å². The van der Waals surface area contributed by atoms with Crippen LogP contribution in [0.25, 0.3) is 0 Å². The van der Waals surface area contributed by atoms with E-state index in [0.29, 0.717) is 30.8 Å². The highest BCUT2D eigenvalue weighted by Gasteiger charge is 2.24. The molecule has 1 aliphatic rings. The maximum Gasteiger partial charge on any atom is 0.261 e. The number of fused-ring (bicyclic) bond motifs is 1. The third-order valence-electron chi connectivity index (χ3n) is 4.83. The quantitative estimate of drug-likeness (QED) is 0.672. The summed E-state index contributed by atoms with van der Waals surface area (Å²) < 4.78 is 53.0. The van der Waals surface area contributed by atoms with E-state index in [9.17, 15) is 21.6 Å². The Bertz CT molecular complexity index is 1140. The predicted octanol–water partition coefficient (Wildman–Crippen LogP) is 2.54. The average Bonchev–Trinajstić information content (AvgIpc) is 2.67. The topological polar surface area (TPSA) is 113 Å². The second kappa shape index (κ2) is 8.75. The van der Waals surface area contributed by atoms with E-state index < -0.39 is 20.0 Å². The van der Waals surface area contributed by atoms with Gasteiger partial charge < -0.3 is 5.32 Å². The maximum absolute atomic E-state index is 12.7. The second-order valence-electron chi connectivity index (χ2n) is 7.26. The molecule has 0 aromatic heterocycles. The van der Waals surface area contributed by atoms with Crippen molar-refractivity contribution in [2.75, 3.05) is 22.8 Å². The predicted molar refractivity (Wildman–Crippen MR) is 116 cm³/mol. The van der Waals surface area contributed by atoms with Crippen molar-refractivity contribution in [2.24, 2.45) is 0 Å². The van der Waals surface area contributed by atoms with Crippen LogP contribution in [0.5, 0.6) is 0 Å². The fraction of sp³-hybridized carbons (Fsp3) is 0.350. The molecule has 1 amide bonds. The first kappa shape index (κ1) is 22.3. The van der Waals surface area contributed by atoms with E-state index in [2.05, 4.69) is 10.0 Å². The van der Waals surface area contributed by atoms with Gasteiger partial charge in [0.25, 0.3) is 10.0 Å². The van der Waals surface area contributed by atoms with E-state index in [1.165, 1.54) is 22.7 Å². The summed E-state index contributed by atoms with van der Waals surface area (Å²) in [6.07, 6.45) is 2.88. The van der Waals surface area contributed by atoms with Gasteiger partial charge in [0.1, 0.15) is 0 Å². The highest BCUT2D eigenvalue weighted by Crippen LogP contribution is 2.26. The Morgan fingerprint density at radius 3 is 2.30 bits per heavy atom. The number of carbonyl (C=O) groups excluding carboxylic acids is 1. The summed E-state index contributed by atoms with van der Waals surface area (Å²) in [6.45, 7) is 2.54. The molecule has 0 spiro atoms. The number of anilines is 2. The Balaban J connectivity index is 1.75.